The summed E-state index contributed by atoms with van der Waals surface area (Å²) in [5, 5.41) is 10.3. The summed E-state index contributed by atoms with van der Waals surface area (Å²) in [4.78, 5) is 13.7. The van der Waals surface area contributed by atoms with Crippen LogP contribution >= 0.6 is 0 Å². The third-order valence-corrected chi connectivity index (χ3v) is 3.98. The van der Waals surface area contributed by atoms with E-state index in [1.807, 2.05) is 18.7 Å². The van der Waals surface area contributed by atoms with Gasteiger partial charge in [-0.2, -0.15) is 0 Å². The van der Waals surface area contributed by atoms with E-state index >= 15 is 0 Å². The zero-order chi connectivity index (χ0) is 15.0. The monoisotopic (exact) mass is 279 g/mol. The minimum absolute atomic E-state index is 0.0213. The number of rotatable bonds is 2. The smallest absolute Gasteiger partial charge is 0.220 e. The van der Waals surface area contributed by atoms with Gasteiger partial charge in [0, 0.05) is 30.2 Å². The summed E-state index contributed by atoms with van der Waals surface area (Å²) in [6.07, 6.45) is 0.582. The van der Waals surface area contributed by atoms with Gasteiger partial charge in [-0.05, 0) is 20.3 Å². The minimum Gasteiger partial charge on any atom is -0.504 e. The molecule has 5 heteroatoms. The zero-order valence-corrected chi connectivity index (χ0v) is 12.6. The molecule has 0 spiro atoms. The van der Waals surface area contributed by atoms with Crippen LogP contribution in [0.15, 0.2) is 6.07 Å². The second-order valence-electron chi connectivity index (χ2n) is 5.18. The Morgan fingerprint density at radius 3 is 2.40 bits per heavy atom. The molecule has 20 heavy (non-hydrogen) atoms. The molecule has 0 bridgehead atoms. The Kier molecular flexibility index (Phi) is 3.79. The molecule has 110 valence electrons. The topological polar surface area (TPSA) is 59.0 Å². The van der Waals surface area contributed by atoms with E-state index in [9.17, 15) is 9.90 Å². The highest BCUT2D eigenvalue weighted by molar-refractivity contribution is 5.75. The van der Waals surface area contributed by atoms with E-state index in [1.165, 1.54) is 7.11 Å². The van der Waals surface area contributed by atoms with Gasteiger partial charge in [-0.1, -0.05) is 0 Å². The van der Waals surface area contributed by atoms with Crippen molar-refractivity contribution in [3.05, 3.63) is 17.2 Å². The molecule has 1 heterocycles. The molecule has 1 aromatic rings. The van der Waals surface area contributed by atoms with Crippen LogP contribution in [0.2, 0.25) is 0 Å². The zero-order valence-electron chi connectivity index (χ0n) is 12.6. The van der Waals surface area contributed by atoms with E-state index in [1.54, 1.807) is 20.1 Å². The molecule has 0 aliphatic carbocycles. The first-order chi connectivity index (χ1) is 9.42. The van der Waals surface area contributed by atoms with E-state index in [2.05, 4.69) is 0 Å². The van der Waals surface area contributed by atoms with Crippen LogP contribution in [0.1, 0.15) is 37.9 Å². The molecular weight excluding hydrogens is 258 g/mol. The number of hydrogen-bond donors (Lipinski definition) is 1. The number of hydrogen-bond acceptors (Lipinski definition) is 4. The fraction of sp³-hybridized carbons (Fsp3) is 0.533. The summed E-state index contributed by atoms with van der Waals surface area (Å²) in [7, 11) is 3.09. The lowest BCUT2D eigenvalue weighted by molar-refractivity contribution is -0.133. The summed E-state index contributed by atoms with van der Waals surface area (Å²) in [5.74, 6) is 1.20. The predicted molar refractivity (Wildman–Crippen MR) is 75.3 cm³/mol. The summed E-state index contributed by atoms with van der Waals surface area (Å²) >= 11 is 0. The Morgan fingerprint density at radius 2 is 1.90 bits per heavy atom. The molecule has 0 fully saturated rings. The van der Waals surface area contributed by atoms with Gasteiger partial charge in [-0.25, -0.2) is 0 Å². The van der Waals surface area contributed by atoms with E-state index in [0.29, 0.717) is 17.9 Å². The van der Waals surface area contributed by atoms with Gasteiger partial charge in [0.25, 0.3) is 0 Å². The summed E-state index contributed by atoms with van der Waals surface area (Å²) in [6, 6.07) is 1.55. The van der Waals surface area contributed by atoms with E-state index in [4.69, 9.17) is 9.47 Å². The summed E-state index contributed by atoms with van der Waals surface area (Å²) in [5.41, 5.74) is 1.66. The summed E-state index contributed by atoms with van der Waals surface area (Å²) < 4.78 is 10.6. The van der Waals surface area contributed by atoms with E-state index < -0.39 is 0 Å². The van der Waals surface area contributed by atoms with Gasteiger partial charge >= 0.3 is 0 Å². The molecule has 1 amide bonds. The number of benzene rings is 1. The molecule has 5 nitrogen and oxygen atoms in total. The Bertz CT molecular complexity index is 541. The highest BCUT2D eigenvalue weighted by atomic mass is 16.5. The van der Waals surface area contributed by atoms with Crippen molar-refractivity contribution in [3.63, 3.8) is 0 Å². The largest absolute Gasteiger partial charge is 0.504 e. The first kappa shape index (κ1) is 14.5. The number of carbonyl (C=O) groups excluding carboxylic acids is 1. The lowest BCUT2D eigenvalue weighted by Gasteiger charge is -2.40. The van der Waals surface area contributed by atoms with Crippen molar-refractivity contribution in [1.29, 1.82) is 0 Å². The van der Waals surface area contributed by atoms with Gasteiger partial charge < -0.3 is 19.5 Å². The Hall–Kier alpha value is -1.91. The van der Waals surface area contributed by atoms with Crippen LogP contribution in [0.25, 0.3) is 0 Å². The standard InChI is InChI=1S/C15H21NO4/c1-8-6-11-14(9(2)16(8)10(3)17)12(19-4)7-13(20-5)15(11)18/h7-9,18H,6H2,1-5H3/t8-,9+/m0/s1. The Balaban J connectivity index is 2.65. The van der Waals surface area contributed by atoms with Crippen molar-refractivity contribution in [3.8, 4) is 17.2 Å². The number of methoxy groups -OCH3 is 2. The summed E-state index contributed by atoms with van der Waals surface area (Å²) in [6.45, 7) is 5.49. The average Bonchev–Trinajstić information content (AvgIpc) is 2.39. The number of phenolic OH excluding ortho intramolecular Hbond substituents is 1. The molecule has 1 aromatic carbocycles. The molecule has 0 saturated carbocycles. The first-order valence-electron chi connectivity index (χ1n) is 6.68. The van der Waals surface area contributed by atoms with E-state index in [0.717, 1.165) is 11.1 Å². The Labute approximate surface area is 119 Å². The maximum atomic E-state index is 11.8. The molecule has 0 aromatic heterocycles. The molecule has 1 N–H and O–H groups in total. The van der Waals surface area contributed by atoms with Crippen LogP contribution in [0.3, 0.4) is 0 Å². The quantitative estimate of drug-likeness (QED) is 0.902. The molecule has 0 saturated heterocycles. The van der Waals surface area contributed by atoms with Crippen molar-refractivity contribution in [1.82, 2.24) is 4.90 Å². The van der Waals surface area contributed by atoms with Gasteiger partial charge in [-0.15, -0.1) is 0 Å². The number of fused-ring (bicyclic) bond motifs is 1. The molecular formula is C15H21NO4. The van der Waals surface area contributed by atoms with Crippen LogP contribution in [-0.2, 0) is 11.2 Å². The second kappa shape index (κ2) is 5.23. The fourth-order valence-corrected chi connectivity index (χ4v) is 3.18. The van der Waals surface area contributed by atoms with Gasteiger partial charge in [0.1, 0.15) is 5.75 Å². The van der Waals surface area contributed by atoms with Crippen molar-refractivity contribution in [2.24, 2.45) is 0 Å². The number of carbonyl (C=O) groups is 1. The second-order valence-corrected chi connectivity index (χ2v) is 5.18. The third-order valence-electron chi connectivity index (χ3n) is 3.98. The lowest BCUT2D eigenvalue weighted by Crippen LogP contribution is -2.44. The molecule has 0 unspecified atom stereocenters. The fourth-order valence-electron chi connectivity index (χ4n) is 3.18. The molecule has 2 atom stereocenters. The first-order valence-corrected chi connectivity index (χ1v) is 6.68. The number of phenols is 1. The van der Waals surface area contributed by atoms with Crippen molar-refractivity contribution in [2.75, 3.05) is 14.2 Å². The predicted octanol–water partition coefficient (Wildman–Crippen LogP) is 2.26. The van der Waals surface area contributed by atoms with Gasteiger partial charge in [0.2, 0.25) is 5.91 Å². The SMILES string of the molecule is COc1cc(OC)c2c(c1O)C[C@H](C)N(C(C)=O)[C@@H]2C. The van der Waals surface area contributed by atoms with Gasteiger partial charge in [-0.3, -0.25) is 4.79 Å². The number of aromatic hydroxyl groups is 1. The number of nitrogens with zero attached hydrogens (tertiary/aromatic N) is 1. The highest BCUT2D eigenvalue weighted by Crippen LogP contribution is 2.46. The highest BCUT2D eigenvalue weighted by Gasteiger charge is 2.35. The van der Waals surface area contributed by atoms with Crippen LogP contribution in [-0.4, -0.2) is 36.2 Å². The van der Waals surface area contributed by atoms with Gasteiger partial charge in [0.15, 0.2) is 11.5 Å². The molecule has 0 radical (unpaired) electrons. The van der Waals surface area contributed by atoms with Gasteiger partial charge in [0.05, 0.1) is 20.3 Å². The lowest BCUT2D eigenvalue weighted by atomic mass is 9.87. The van der Waals surface area contributed by atoms with E-state index in [-0.39, 0.29) is 23.7 Å². The van der Waals surface area contributed by atoms with Crippen LogP contribution in [0.5, 0.6) is 17.2 Å². The number of amides is 1. The Morgan fingerprint density at radius 1 is 1.30 bits per heavy atom. The van der Waals surface area contributed by atoms with Crippen molar-refractivity contribution >= 4 is 5.91 Å². The van der Waals surface area contributed by atoms with Crippen LogP contribution in [0.4, 0.5) is 0 Å². The van der Waals surface area contributed by atoms with Crippen molar-refractivity contribution < 1.29 is 19.4 Å². The molecule has 1 aliphatic rings. The number of ether oxygens (including phenoxy) is 2. The van der Waals surface area contributed by atoms with Crippen LogP contribution < -0.4 is 9.47 Å². The molecule has 2 rings (SSSR count). The maximum absolute atomic E-state index is 11.8. The normalized spacial score (nSPS) is 21.4. The minimum atomic E-state index is -0.141. The average molecular weight is 279 g/mol. The maximum Gasteiger partial charge on any atom is 0.220 e. The van der Waals surface area contributed by atoms with Crippen LogP contribution in [0, 0.1) is 0 Å². The third kappa shape index (κ3) is 2.07. The van der Waals surface area contributed by atoms with Crippen molar-refractivity contribution in [2.45, 2.75) is 39.3 Å². The molecule has 1 aliphatic heterocycles.